The van der Waals surface area contributed by atoms with E-state index in [1.54, 1.807) is 17.0 Å². The zero-order chi connectivity index (χ0) is 24.7. The lowest BCUT2D eigenvalue weighted by Crippen LogP contribution is -2.43. The van der Waals surface area contributed by atoms with E-state index in [0.29, 0.717) is 16.4 Å². The molecular weight excluding hydrogens is 454 g/mol. The van der Waals surface area contributed by atoms with Gasteiger partial charge in [0.15, 0.2) is 0 Å². The number of pyridine rings is 1. The number of fused-ring (bicyclic) bond motifs is 1. The molecule has 1 atom stereocenters. The molecule has 178 valence electrons. The third-order valence-corrected chi connectivity index (χ3v) is 6.04. The average Bonchev–Trinajstić information content (AvgIpc) is 2.84. The molecule has 1 aromatic heterocycles. The molecule has 3 rings (SSSR count). The summed E-state index contributed by atoms with van der Waals surface area (Å²) in [5.74, 6) is -1.62. The van der Waals surface area contributed by atoms with Gasteiger partial charge in [-0.05, 0) is 30.9 Å². The van der Waals surface area contributed by atoms with Gasteiger partial charge in [-0.3, -0.25) is 14.4 Å². The summed E-state index contributed by atoms with van der Waals surface area (Å²) >= 11 is 6.46. The van der Waals surface area contributed by atoms with Crippen LogP contribution in [0.25, 0.3) is 22.0 Å². The predicted molar refractivity (Wildman–Crippen MR) is 133 cm³/mol. The van der Waals surface area contributed by atoms with Crippen LogP contribution in [0, 0.1) is 0 Å². The normalized spacial score (nSPS) is 11.7. The van der Waals surface area contributed by atoms with Crippen LogP contribution in [0.15, 0.2) is 54.6 Å². The van der Waals surface area contributed by atoms with E-state index in [0.717, 1.165) is 22.8 Å². The Balaban J connectivity index is 1.90. The highest BCUT2D eigenvalue weighted by Crippen LogP contribution is 2.32. The van der Waals surface area contributed by atoms with Crippen molar-refractivity contribution in [2.75, 3.05) is 13.1 Å². The summed E-state index contributed by atoms with van der Waals surface area (Å²) in [6.07, 6.45) is 0.398. The maximum Gasteiger partial charge on any atom is 0.303 e. The molecule has 0 radical (unpaired) electrons. The molecule has 8 heteroatoms. The molecule has 7 nitrogen and oxygen atoms in total. The van der Waals surface area contributed by atoms with Crippen molar-refractivity contribution in [2.45, 2.75) is 39.2 Å². The van der Waals surface area contributed by atoms with Gasteiger partial charge >= 0.3 is 5.97 Å². The summed E-state index contributed by atoms with van der Waals surface area (Å²) < 4.78 is 0. The minimum absolute atomic E-state index is 0.0829. The molecule has 0 saturated heterocycles. The van der Waals surface area contributed by atoms with E-state index in [9.17, 15) is 14.4 Å². The lowest BCUT2D eigenvalue weighted by molar-refractivity contribution is -0.138. The fourth-order valence-electron chi connectivity index (χ4n) is 3.68. The number of carboxylic acids is 1. The minimum Gasteiger partial charge on any atom is -0.481 e. The maximum absolute atomic E-state index is 13.6. The van der Waals surface area contributed by atoms with Gasteiger partial charge in [0, 0.05) is 41.5 Å². The van der Waals surface area contributed by atoms with Crippen molar-refractivity contribution in [3.8, 4) is 11.3 Å². The molecule has 0 aliphatic heterocycles. The zero-order valence-electron chi connectivity index (χ0n) is 19.3. The molecule has 1 heterocycles. The van der Waals surface area contributed by atoms with Crippen molar-refractivity contribution < 1.29 is 19.5 Å². The van der Waals surface area contributed by atoms with E-state index in [1.807, 2.05) is 56.3 Å². The van der Waals surface area contributed by atoms with Gasteiger partial charge < -0.3 is 15.3 Å². The molecule has 0 aliphatic carbocycles. The number of hydrogen-bond acceptors (Lipinski definition) is 4. The van der Waals surface area contributed by atoms with Crippen LogP contribution in [-0.2, 0) is 9.59 Å². The Morgan fingerprint density at radius 2 is 1.79 bits per heavy atom. The summed E-state index contributed by atoms with van der Waals surface area (Å²) in [7, 11) is 0. The first kappa shape index (κ1) is 25.2. The summed E-state index contributed by atoms with van der Waals surface area (Å²) in [6, 6.07) is 16.8. The number of carbonyl (C=O) groups excluding carboxylic acids is 2. The van der Waals surface area contributed by atoms with Crippen LogP contribution in [-0.4, -0.2) is 51.9 Å². The second kappa shape index (κ2) is 11.6. The Labute approximate surface area is 203 Å². The van der Waals surface area contributed by atoms with Crippen molar-refractivity contribution in [3.05, 3.63) is 65.3 Å². The lowest BCUT2D eigenvalue weighted by Gasteiger charge is -2.29. The molecular formula is C26H28ClN3O4. The smallest absolute Gasteiger partial charge is 0.303 e. The molecule has 2 amide bonds. The fraction of sp³-hybridized carbons (Fsp3) is 0.308. The van der Waals surface area contributed by atoms with Gasteiger partial charge in [0.1, 0.15) is 5.69 Å². The van der Waals surface area contributed by atoms with Gasteiger partial charge in [0.2, 0.25) is 5.91 Å². The number of carbonyl (C=O) groups is 3. The van der Waals surface area contributed by atoms with E-state index in [1.165, 1.54) is 0 Å². The van der Waals surface area contributed by atoms with Crippen LogP contribution in [0.1, 0.15) is 43.6 Å². The zero-order valence-corrected chi connectivity index (χ0v) is 20.0. The number of nitrogens with zero attached hydrogens (tertiary/aromatic N) is 2. The molecule has 0 aliphatic rings. The van der Waals surface area contributed by atoms with Gasteiger partial charge in [-0.25, -0.2) is 4.98 Å². The second-order valence-corrected chi connectivity index (χ2v) is 8.46. The van der Waals surface area contributed by atoms with E-state index in [4.69, 9.17) is 21.7 Å². The molecule has 34 heavy (non-hydrogen) atoms. The number of halogens is 1. The Kier molecular flexibility index (Phi) is 8.60. The van der Waals surface area contributed by atoms with E-state index in [2.05, 4.69) is 5.32 Å². The molecule has 2 N–H and O–H groups in total. The first-order chi connectivity index (χ1) is 16.3. The SMILES string of the molecule is CCC(C)N(CCNC(=O)CCC(=O)O)C(=O)c1cc2ccccc2c(-c2ccccc2Cl)n1. The quantitative estimate of drug-likeness (QED) is 0.434. The van der Waals surface area contributed by atoms with Crippen LogP contribution in [0.3, 0.4) is 0 Å². The fourth-order valence-corrected chi connectivity index (χ4v) is 3.91. The Bertz CT molecular complexity index is 1200. The van der Waals surface area contributed by atoms with E-state index in [-0.39, 0.29) is 43.8 Å². The summed E-state index contributed by atoms with van der Waals surface area (Å²) in [5, 5.41) is 13.7. The van der Waals surface area contributed by atoms with Crippen LogP contribution in [0.2, 0.25) is 5.02 Å². The standard InChI is InChI=1S/C26H28ClN3O4/c1-3-17(2)30(15-14-28-23(31)12-13-24(32)33)26(34)22-16-18-8-4-5-9-19(18)25(29-22)20-10-6-7-11-21(20)27/h4-11,16-17H,3,12-15H2,1-2H3,(H,28,31)(H,32,33). The van der Waals surface area contributed by atoms with Crippen LogP contribution >= 0.6 is 11.6 Å². The monoisotopic (exact) mass is 481 g/mol. The number of carboxylic acid groups (broad SMARTS) is 1. The Hall–Kier alpha value is -3.45. The second-order valence-electron chi connectivity index (χ2n) is 8.06. The molecule has 0 spiro atoms. The highest BCUT2D eigenvalue weighted by molar-refractivity contribution is 6.33. The number of aromatic nitrogens is 1. The minimum atomic E-state index is -1.02. The highest BCUT2D eigenvalue weighted by Gasteiger charge is 2.23. The molecule has 3 aromatic rings. The van der Waals surface area contributed by atoms with Crippen LogP contribution in [0.5, 0.6) is 0 Å². The van der Waals surface area contributed by atoms with Crippen molar-refractivity contribution in [1.82, 2.24) is 15.2 Å². The summed E-state index contributed by atoms with van der Waals surface area (Å²) in [4.78, 5) is 42.5. The van der Waals surface area contributed by atoms with E-state index >= 15 is 0 Å². The number of rotatable bonds is 10. The predicted octanol–water partition coefficient (Wildman–Crippen LogP) is 4.78. The van der Waals surface area contributed by atoms with Crippen molar-refractivity contribution in [1.29, 1.82) is 0 Å². The lowest BCUT2D eigenvalue weighted by atomic mass is 10.0. The molecule has 1 unspecified atom stereocenters. The number of benzene rings is 2. The van der Waals surface area contributed by atoms with Crippen molar-refractivity contribution >= 4 is 40.2 Å². The van der Waals surface area contributed by atoms with Crippen molar-refractivity contribution in [3.63, 3.8) is 0 Å². The van der Waals surface area contributed by atoms with E-state index < -0.39 is 5.97 Å². The Morgan fingerprint density at radius 3 is 2.50 bits per heavy atom. The van der Waals surface area contributed by atoms with Gasteiger partial charge in [-0.1, -0.05) is 61.0 Å². The first-order valence-electron chi connectivity index (χ1n) is 11.3. The van der Waals surface area contributed by atoms with Crippen LogP contribution in [0.4, 0.5) is 0 Å². The average molecular weight is 482 g/mol. The highest BCUT2D eigenvalue weighted by atomic mass is 35.5. The molecule has 0 fully saturated rings. The van der Waals surface area contributed by atoms with Crippen molar-refractivity contribution in [2.24, 2.45) is 0 Å². The summed E-state index contributed by atoms with van der Waals surface area (Å²) in [5.41, 5.74) is 1.68. The first-order valence-corrected chi connectivity index (χ1v) is 11.6. The third kappa shape index (κ3) is 6.11. The number of hydrogen-bond donors (Lipinski definition) is 2. The number of nitrogens with one attached hydrogen (secondary N) is 1. The molecule has 2 aromatic carbocycles. The molecule has 0 saturated carbocycles. The molecule has 0 bridgehead atoms. The third-order valence-electron chi connectivity index (χ3n) is 5.71. The van der Waals surface area contributed by atoms with Gasteiger partial charge in [-0.2, -0.15) is 0 Å². The van der Waals surface area contributed by atoms with Crippen LogP contribution < -0.4 is 5.32 Å². The maximum atomic E-state index is 13.6. The summed E-state index contributed by atoms with van der Waals surface area (Å²) in [6.45, 7) is 4.43. The van der Waals surface area contributed by atoms with Gasteiger partial charge in [0.25, 0.3) is 5.91 Å². The number of aliphatic carboxylic acids is 1. The van der Waals surface area contributed by atoms with Gasteiger partial charge in [-0.15, -0.1) is 0 Å². The number of amides is 2. The topological polar surface area (TPSA) is 99.6 Å². The van der Waals surface area contributed by atoms with Gasteiger partial charge in [0.05, 0.1) is 12.1 Å². The largest absolute Gasteiger partial charge is 0.481 e. The Morgan fingerprint density at radius 1 is 1.09 bits per heavy atom.